The summed E-state index contributed by atoms with van der Waals surface area (Å²) >= 11 is 3.44. The first-order valence-electron chi connectivity index (χ1n) is 8.35. The standard InChI is InChI=1S/C18H21BrN2O5/c1-3-4-5-6-7-26-15-13(19)9-11(10-14(15)25-2)8-12-16(22)20-18(24)21-17(12)23/h8-10H,3-7H2,1-2H3,(H2,20,21,22,23,24). The van der Waals surface area contributed by atoms with Crippen molar-refractivity contribution in [1.29, 1.82) is 0 Å². The van der Waals surface area contributed by atoms with Crippen LogP contribution in [0.3, 0.4) is 0 Å². The minimum atomic E-state index is -0.831. The zero-order valence-corrected chi connectivity index (χ0v) is 16.3. The van der Waals surface area contributed by atoms with Gasteiger partial charge in [-0.3, -0.25) is 20.2 Å². The lowest BCUT2D eigenvalue weighted by Crippen LogP contribution is -2.51. The second-order valence-corrected chi connectivity index (χ2v) is 6.59. The first-order chi connectivity index (χ1) is 12.5. The number of nitrogens with one attached hydrogen (secondary N) is 2. The third kappa shape index (κ3) is 5.08. The molecule has 1 aromatic rings. The number of amides is 4. The van der Waals surface area contributed by atoms with Gasteiger partial charge in [0.05, 0.1) is 18.2 Å². The second kappa shape index (κ2) is 9.38. The molecule has 1 aliphatic heterocycles. The molecule has 0 bridgehead atoms. The Morgan fingerprint density at radius 1 is 1.08 bits per heavy atom. The fourth-order valence-corrected chi connectivity index (χ4v) is 3.01. The number of imide groups is 2. The monoisotopic (exact) mass is 424 g/mol. The van der Waals surface area contributed by atoms with Gasteiger partial charge in [0.15, 0.2) is 11.5 Å². The van der Waals surface area contributed by atoms with Crippen LogP contribution < -0.4 is 20.1 Å². The summed E-state index contributed by atoms with van der Waals surface area (Å²) in [6.45, 7) is 2.72. The molecule has 0 saturated carbocycles. The van der Waals surface area contributed by atoms with Gasteiger partial charge >= 0.3 is 6.03 Å². The third-order valence-electron chi connectivity index (χ3n) is 3.75. The molecule has 140 valence electrons. The van der Waals surface area contributed by atoms with Crippen LogP contribution in [0.1, 0.15) is 38.2 Å². The normalized spacial score (nSPS) is 14.0. The smallest absolute Gasteiger partial charge is 0.328 e. The maximum atomic E-state index is 11.8. The Kier molecular flexibility index (Phi) is 7.20. The van der Waals surface area contributed by atoms with E-state index in [0.717, 1.165) is 19.3 Å². The van der Waals surface area contributed by atoms with Crippen LogP contribution in [0.4, 0.5) is 4.79 Å². The Hall–Kier alpha value is -2.35. The lowest BCUT2D eigenvalue weighted by molar-refractivity contribution is -0.123. The van der Waals surface area contributed by atoms with Gasteiger partial charge in [0, 0.05) is 0 Å². The molecular formula is C18H21BrN2O5. The van der Waals surface area contributed by atoms with Crippen molar-refractivity contribution in [3.8, 4) is 11.5 Å². The van der Waals surface area contributed by atoms with Crippen LogP contribution in [0.15, 0.2) is 22.2 Å². The number of carbonyl (C=O) groups excluding carboxylic acids is 3. The molecule has 0 unspecified atom stereocenters. The Morgan fingerprint density at radius 3 is 2.38 bits per heavy atom. The molecule has 4 amide bonds. The molecule has 1 fully saturated rings. The Morgan fingerprint density at radius 2 is 1.77 bits per heavy atom. The maximum absolute atomic E-state index is 11.8. The number of ether oxygens (including phenoxy) is 2. The fraction of sp³-hybridized carbons (Fsp3) is 0.389. The van der Waals surface area contributed by atoms with Crippen molar-refractivity contribution in [2.75, 3.05) is 13.7 Å². The second-order valence-electron chi connectivity index (χ2n) is 5.74. The Bertz CT molecular complexity index is 723. The minimum Gasteiger partial charge on any atom is -0.493 e. The number of unbranched alkanes of at least 4 members (excludes halogenated alkanes) is 3. The Balaban J connectivity index is 2.20. The highest BCUT2D eigenvalue weighted by molar-refractivity contribution is 9.10. The van der Waals surface area contributed by atoms with E-state index >= 15 is 0 Å². The van der Waals surface area contributed by atoms with Gasteiger partial charge < -0.3 is 9.47 Å². The average molecular weight is 425 g/mol. The number of carbonyl (C=O) groups is 3. The highest BCUT2D eigenvalue weighted by atomic mass is 79.9. The van der Waals surface area contributed by atoms with Crippen molar-refractivity contribution in [1.82, 2.24) is 10.6 Å². The summed E-state index contributed by atoms with van der Waals surface area (Å²) in [5, 5.41) is 4.07. The topological polar surface area (TPSA) is 93.7 Å². The molecule has 7 nitrogen and oxygen atoms in total. The zero-order valence-electron chi connectivity index (χ0n) is 14.7. The van der Waals surface area contributed by atoms with E-state index in [9.17, 15) is 14.4 Å². The molecule has 0 aliphatic carbocycles. The van der Waals surface area contributed by atoms with Crippen LogP contribution in [-0.2, 0) is 9.59 Å². The van der Waals surface area contributed by atoms with E-state index in [0.29, 0.717) is 28.1 Å². The quantitative estimate of drug-likeness (QED) is 0.379. The predicted molar refractivity (Wildman–Crippen MR) is 100.0 cm³/mol. The highest BCUT2D eigenvalue weighted by Crippen LogP contribution is 2.37. The third-order valence-corrected chi connectivity index (χ3v) is 4.34. The Labute approximate surface area is 160 Å². The SMILES string of the molecule is CCCCCCOc1c(Br)cc(C=C2C(=O)NC(=O)NC2=O)cc1OC. The fourth-order valence-electron chi connectivity index (χ4n) is 2.44. The number of hydrogen-bond donors (Lipinski definition) is 2. The summed E-state index contributed by atoms with van der Waals surface area (Å²) in [6.07, 6.45) is 5.76. The average Bonchev–Trinajstić information content (AvgIpc) is 2.59. The molecule has 2 N–H and O–H groups in total. The molecule has 0 atom stereocenters. The van der Waals surface area contributed by atoms with E-state index in [4.69, 9.17) is 9.47 Å². The van der Waals surface area contributed by atoms with Crippen LogP contribution in [0, 0.1) is 0 Å². The molecule has 0 aromatic heterocycles. The van der Waals surface area contributed by atoms with E-state index in [1.165, 1.54) is 19.6 Å². The number of barbiturate groups is 1. The number of halogens is 1. The molecule has 1 heterocycles. The van der Waals surface area contributed by atoms with Crippen LogP contribution in [-0.4, -0.2) is 31.6 Å². The number of benzene rings is 1. The number of rotatable bonds is 8. The number of hydrogen-bond acceptors (Lipinski definition) is 5. The summed E-state index contributed by atoms with van der Waals surface area (Å²) in [6, 6.07) is 2.55. The van der Waals surface area contributed by atoms with Gasteiger partial charge in [-0.1, -0.05) is 26.2 Å². The van der Waals surface area contributed by atoms with Crippen molar-refractivity contribution in [3.05, 3.63) is 27.7 Å². The molecule has 8 heteroatoms. The van der Waals surface area contributed by atoms with Crippen molar-refractivity contribution in [2.24, 2.45) is 0 Å². The molecule has 0 spiro atoms. The summed E-state index contributed by atoms with van der Waals surface area (Å²) in [5.41, 5.74) is 0.397. The zero-order chi connectivity index (χ0) is 19.1. The minimum absolute atomic E-state index is 0.160. The lowest BCUT2D eigenvalue weighted by Gasteiger charge is -2.15. The van der Waals surface area contributed by atoms with Crippen molar-refractivity contribution in [2.45, 2.75) is 32.6 Å². The summed E-state index contributed by atoms with van der Waals surface area (Å²) < 4.78 is 11.8. The van der Waals surface area contributed by atoms with Crippen LogP contribution >= 0.6 is 15.9 Å². The molecule has 1 aromatic carbocycles. The van der Waals surface area contributed by atoms with Gasteiger partial charge in [0.2, 0.25) is 0 Å². The van der Waals surface area contributed by atoms with Crippen molar-refractivity contribution in [3.63, 3.8) is 0 Å². The van der Waals surface area contributed by atoms with Gasteiger partial charge in [0.1, 0.15) is 5.57 Å². The largest absolute Gasteiger partial charge is 0.493 e. The van der Waals surface area contributed by atoms with Gasteiger partial charge in [0.25, 0.3) is 11.8 Å². The van der Waals surface area contributed by atoms with Gasteiger partial charge in [-0.25, -0.2) is 4.79 Å². The summed E-state index contributed by atoms with van der Waals surface area (Å²) in [4.78, 5) is 34.8. The van der Waals surface area contributed by atoms with Crippen LogP contribution in [0.2, 0.25) is 0 Å². The van der Waals surface area contributed by atoms with Gasteiger partial charge in [-0.2, -0.15) is 0 Å². The van der Waals surface area contributed by atoms with Gasteiger partial charge in [-0.15, -0.1) is 0 Å². The summed E-state index contributed by atoms with van der Waals surface area (Å²) in [7, 11) is 1.52. The van der Waals surface area contributed by atoms with E-state index in [1.54, 1.807) is 12.1 Å². The first kappa shape index (κ1) is 20.0. The highest BCUT2D eigenvalue weighted by Gasteiger charge is 2.27. The predicted octanol–water partition coefficient (Wildman–Crippen LogP) is 3.17. The van der Waals surface area contributed by atoms with E-state index in [2.05, 4.69) is 22.9 Å². The number of urea groups is 1. The summed E-state index contributed by atoms with van der Waals surface area (Å²) in [5.74, 6) is -0.441. The van der Waals surface area contributed by atoms with E-state index in [-0.39, 0.29) is 5.57 Å². The van der Waals surface area contributed by atoms with Crippen LogP contribution in [0.25, 0.3) is 6.08 Å². The molecule has 2 rings (SSSR count). The molecule has 0 radical (unpaired) electrons. The molecule has 1 aliphatic rings. The maximum Gasteiger partial charge on any atom is 0.328 e. The molecule has 1 saturated heterocycles. The number of methoxy groups -OCH3 is 1. The molecular weight excluding hydrogens is 404 g/mol. The van der Waals surface area contributed by atoms with Crippen molar-refractivity contribution >= 4 is 39.9 Å². The van der Waals surface area contributed by atoms with Crippen molar-refractivity contribution < 1.29 is 23.9 Å². The van der Waals surface area contributed by atoms with Crippen LogP contribution in [0.5, 0.6) is 11.5 Å². The molecule has 26 heavy (non-hydrogen) atoms. The lowest BCUT2D eigenvalue weighted by atomic mass is 10.1. The van der Waals surface area contributed by atoms with Gasteiger partial charge in [-0.05, 0) is 46.1 Å². The van der Waals surface area contributed by atoms with E-state index in [1.807, 2.05) is 10.6 Å². The first-order valence-corrected chi connectivity index (χ1v) is 9.14. The van der Waals surface area contributed by atoms with E-state index < -0.39 is 17.8 Å².